The second-order valence-corrected chi connectivity index (χ2v) is 7.60. The number of hydrogen-bond donors (Lipinski definition) is 2. The van der Waals surface area contributed by atoms with Crippen molar-refractivity contribution in [1.82, 2.24) is 14.1 Å². The summed E-state index contributed by atoms with van der Waals surface area (Å²) in [4.78, 5) is 41.0. The third-order valence-electron chi connectivity index (χ3n) is 5.30. The molecule has 0 aliphatic carbocycles. The molecule has 2 aromatic heterocycles. The SMILES string of the molecule is Cc1cccc(-n2c(=O)[nH]c(=O)c3c(Nc4ccc(C)cc4F)n(C)c(=O)c(C)c32)c1. The van der Waals surface area contributed by atoms with Crippen LogP contribution in [0, 0.1) is 26.6 Å². The number of hydrogen-bond acceptors (Lipinski definition) is 4. The molecule has 0 saturated heterocycles. The van der Waals surface area contributed by atoms with Crippen LogP contribution in [-0.4, -0.2) is 14.1 Å². The average Bonchev–Trinajstić information content (AvgIpc) is 2.71. The van der Waals surface area contributed by atoms with Gasteiger partial charge < -0.3 is 5.32 Å². The smallest absolute Gasteiger partial charge is 0.333 e. The van der Waals surface area contributed by atoms with Gasteiger partial charge in [-0.05, 0) is 56.2 Å². The normalized spacial score (nSPS) is 11.1. The number of aromatic amines is 1. The van der Waals surface area contributed by atoms with Crippen molar-refractivity contribution in [3.8, 4) is 5.69 Å². The molecule has 0 saturated carbocycles. The van der Waals surface area contributed by atoms with Crippen LogP contribution in [0.5, 0.6) is 0 Å². The van der Waals surface area contributed by atoms with E-state index in [1.165, 1.54) is 28.3 Å². The fourth-order valence-electron chi connectivity index (χ4n) is 3.74. The Labute approximate surface area is 176 Å². The highest BCUT2D eigenvalue weighted by molar-refractivity contribution is 5.93. The number of nitrogens with one attached hydrogen (secondary N) is 2. The molecule has 0 fully saturated rings. The van der Waals surface area contributed by atoms with Gasteiger partial charge in [-0.3, -0.25) is 23.7 Å². The second-order valence-electron chi connectivity index (χ2n) is 7.60. The quantitative estimate of drug-likeness (QED) is 0.533. The molecule has 2 heterocycles. The van der Waals surface area contributed by atoms with Crippen molar-refractivity contribution in [1.29, 1.82) is 0 Å². The molecule has 2 aromatic carbocycles. The Kier molecular flexibility index (Phi) is 4.85. The predicted molar refractivity (Wildman–Crippen MR) is 119 cm³/mol. The van der Waals surface area contributed by atoms with E-state index >= 15 is 0 Å². The van der Waals surface area contributed by atoms with E-state index in [-0.39, 0.29) is 28.0 Å². The van der Waals surface area contributed by atoms with Gasteiger partial charge in [0.1, 0.15) is 17.0 Å². The number of aryl methyl sites for hydroxylation is 3. The Balaban J connectivity index is 2.14. The number of H-pyrrole nitrogens is 1. The lowest BCUT2D eigenvalue weighted by atomic mass is 10.1. The van der Waals surface area contributed by atoms with Crippen LogP contribution in [0.25, 0.3) is 16.6 Å². The maximum absolute atomic E-state index is 14.5. The van der Waals surface area contributed by atoms with E-state index in [1.54, 1.807) is 38.1 Å². The zero-order chi connectivity index (χ0) is 22.4. The number of halogens is 1. The zero-order valence-electron chi connectivity index (χ0n) is 17.5. The molecule has 4 aromatic rings. The minimum Gasteiger partial charge on any atom is -0.338 e. The van der Waals surface area contributed by atoms with E-state index in [0.717, 1.165) is 11.1 Å². The van der Waals surface area contributed by atoms with Gasteiger partial charge >= 0.3 is 5.69 Å². The van der Waals surface area contributed by atoms with Gasteiger partial charge in [-0.15, -0.1) is 0 Å². The molecule has 0 spiro atoms. The van der Waals surface area contributed by atoms with E-state index in [9.17, 15) is 18.8 Å². The molecule has 158 valence electrons. The monoisotopic (exact) mass is 420 g/mol. The van der Waals surface area contributed by atoms with Gasteiger partial charge in [0.05, 0.1) is 16.9 Å². The van der Waals surface area contributed by atoms with Gasteiger partial charge in [0.25, 0.3) is 11.1 Å². The summed E-state index contributed by atoms with van der Waals surface area (Å²) in [5, 5.41) is 2.97. The van der Waals surface area contributed by atoms with Crippen LogP contribution in [0.3, 0.4) is 0 Å². The molecule has 8 heteroatoms. The summed E-state index contributed by atoms with van der Waals surface area (Å²) in [5.41, 5.74) is 0.934. The Morgan fingerprint density at radius 2 is 1.68 bits per heavy atom. The highest BCUT2D eigenvalue weighted by atomic mass is 19.1. The van der Waals surface area contributed by atoms with Crippen molar-refractivity contribution in [2.24, 2.45) is 7.05 Å². The molecule has 0 aliphatic rings. The van der Waals surface area contributed by atoms with Gasteiger partial charge in [0.15, 0.2) is 0 Å². The van der Waals surface area contributed by atoms with Crippen molar-refractivity contribution in [3.05, 3.63) is 96.2 Å². The molecule has 0 radical (unpaired) electrons. The first kappa shape index (κ1) is 20.3. The Morgan fingerprint density at radius 3 is 2.35 bits per heavy atom. The molecule has 4 rings (SSSR count). The first-order valence-electron chi connectivity index (χ1n) is 9.68. The van der Waals surface area contributed by atoms with Gasteiger partial charge in [0.2, 0.25) is 0 Å². The van der Waals surface area contributed by atoms with Gasteiger partial charge in [-0.1, -0.05) is 18.2 Å². The molecule has 0 atom stereocenters. The van der Waals surface area contributed by atoms with Crippen LogP contribution < -0.4 is 22.1 Å². The minimum atomic E-state index is -0.669. The Hall–Kier alpha value is -3.94. The number of fused-ring (bicyclic) bond motifs is 1. The summed E-state index contributed by atoms with van der Waals surface area (Å²) in [7, 11) is 1.49. The summed E-state index contributed by atoms with van der Waals surface area (Å²) in [6, 6.07) is 11.8. The summed E-state index contributed by atoms with van der Waals surface area (Å²) < 4.78 is 17.1. The van der Waals surface area contributed by atoms with Crippen molar-refractivity contribution in [3.63, 3.8) is 0 Å². The second kappa shape index (κ2) is 7.39. The van der Waals surface area contributed by atoms with Crippen LogP contribution in [0.1, 0.15) is 16.7 Å². The molecule has 0 bridgehead atoms. The van der Waals surface area contributed by atoms with Gasteiger partial charge in [0, 0.05) is 12.6 Å². The zero-order valence-corrected chi connectivity index (χ0v) is 17.5. The fourth-order valence-corrected chi connectivity index (χ4v) is 3.74. The number of pyridine rings is 1. The van der Waals surface area contributed by atoms with Crippen LogP contribution in [-0.2, 0) is 7.05 Å². The lowest BCUT2D eigenvalue weighted by Gasteiger charge is -2.18. The third kappa shape index (κ3) is 3.35. The lowest BCUT2D eigenvalue weighted by molar-refractivity contribution is 0.630. The molecule has 2 N–H and O–H groups in total. The van der Waals surface area contributed by atoms with Crippen molar-refractivity contribution in [2.75, 3.05) is 5.32 Å². The molecule has 0 amide bonds. The standard InChI is InChI=1S/C23H21FN4O3/c1-12-6-5-7-15(10-12)28-19-14(3)22(30)27(4)20(18(19)21(29)26-23(28)31)25-17-9-8-13(2)11-16(17)24/h5-11,25H,1-4H3,(H,26,29,31). The van der Waals surface area contributed by atoms with E-state index < -0.39 is 22.6 Å². The lowest BCUT2D eigenvalue weighted by Crippen LogP contribution is -2.34. The molecule has 7 nitrogen and oxygen atoms in total. The Bertz CT molecular complexity index is 1530. The highest BCUT2D eigenvalue weighted by Crippen LogP contribution is 2.26. The molecular formula is C23H21FN4O3. The molecule has 0 unspecified atom stereocenters. The molecule has 0 aliphatic heterocycles. The summed E-state index contributed by atoms with van der Waals surface area (Å²) in [6.45, 7) is 5.20. The van der Waals surface area contributed by atoms with Gasteiger partial charge in [-0.2, -0.15) is 0 Å². The summed E-state index contributed by atoms with van der Waals surface area (Å²) in [5.74, 6) is -0.430. The number of anilines is 2. The van der Waals surface area contributed by atoms with E-state index in [2.05, 4.69) is 10.3 Å². The van der Waals surface area contributed by atoms with Crippen molar-refractivity contribution < 1.29 is 4.39 Å². The van der Waals surface area contributed by atoms with Crippen LogP contribution in [0.2, 0.25) is 0 Å². The topological polar surface area (TPSA) is 88.9 Å². The predicted octanol–water partition coefficient (Wildman–Crippen LogP) is 3.19. The van der Waals surface area contributed by atoms with Crippen LogP contribution in [0.15, 0.2) is 56.8 Å². The minimum absolute atomic E-state index is 0.0840. The number of benzene rings is 2. The third-order valence-corrected chi connectivity index (χ3v) is 5.30. The summed E-state index contributed by atoms with van der Waals surface area (Å²) in [6.07, 6.45) is 0. The van der Waals surface area contributed by atoms with E-state index in [1.807, 2.05) is 13.0 Å². The molecule has 31 heavy (non-hydrogen) atoms. The van der Waals surface area contributed by atoms with E-state index in [0.29, 0.717) is 5.69 Å². The largest absolute Gasteiger partial charge is 0.338 e. The highest BCUT2D eigenvalue weighted by Gasteiger charge is 2.21. The first-order valence-corrected chi connectivity index (χ1v) is 9.68. The summed E-state index contributed by atoms with van der Waals surface area (Å²) >= 11 is 0. The number of nitrogens with zero attached hydrogens (tertiary/aromatic N) is 2. The molecular weight excluding hydrogens is 399 g/mol. The maximum atomic E-state index is 14.5. The average molecular weight is 420 g/mol. The fraction of sp³-hybridized carbons (Fsp3) is 0.174. The first-order chi connectivity index (χ1) is 14.7. The van der Waals surface area contributed by atoms with E-state index in [4.69, 9.17) is 0 Å². The van der Waals surface area contributed by atoms with Crippen LogP contribution >= 0.6 is 0 Å². The van der Waals surface area contributed by atoms with Crippen LogP contribution in [0.4, 0.5) is 15.9 Å². The van der Waals surface area contributed by atoms with Crippen molar-refractivity contribution in [2.45, 2.75) is 20.8 Å². The maximum Gasteiger partial charge on any atom is 0.333 e. The van der Waals surface area contributed by atoms with Crippen molar-refractivity contribution >= 4 is 22.4 Å². The number of aromatic nitrogens is 3. The number of rotatable bonds is 3. The Morgan fingerprint density at radius 1 is 0.968 bits per heavy atom. The van der Waals surface area contributed by atoms with Gasteiger partial charge in [-0.25, -0.2) is 9.18 Å².